The molecule has 3 aliphatic rings. The molecule has 5 rings (SSSR count). The summed E-state index contributed by atoms with van der Waals surface area (Å²) in [6, 6.07) is 13.0. The Kier molecular flexibility index (Phi) is 4.23. The Morgan fingerprint density at radius 3 is 2.56 bits per heavy atom. The summed E-state index contributed by atoms with van der Waals surface area (Å²) in [6.45, 7) is 4.83. The van der Waals surface area contributed by atoms with E-state index in [9.17, 15) is 4.79 Å². The molecule has 1 amide bonds. The Labute approximate surface area is 165 Å². The zero-order chi connectivity index (χ0) is 18.5. The van der Waals surface area contributed by atoms with Crippen LogP contribution in [0.1, 0.15) is 34.3 Å². The van der Waals surface area contributed by atoms with E-state index >= 15 is 0 Å². The van der Waals surface area contributed by atoms with Crippen LogP contribution in [0.2, 0.25) is 5.02 Å². The highest BCUT2D eigenvalue weighted by Gasteiger charge is 2.38. The van der Waals surface area contributed by atoms with Gasteiger partial charge >= 0.3 is 0 Å². The number of amides is 1. The molecule has 0 bridgehead atoms. The molecule has 2 fully saturated rings. The standard InChI is InChI=1S/C22H24ClN3O/c1-24-8-9-25(14-24)12-17-3-2-16(11-21(17)23)15-4-7-20-18(10-15)13-26(22(20)27)19-5-6-19/h2-4,7,10-11,19H,5-6,8-9,12-14H2,1H3. The SMILES string of the molecule is CN1CCN(Cc2ccc(-c3ccc4c(c3)CN(C3CC3)C4=O)cc2Cl)C1. The van der Waals surface area contributed by atoms with Gasteiger partial charge in [-0.05, 0) is 60.3 Å². The van der Waals surface area contributed by atoms with Crippen molar-refractivity contribution in [2.45, 2.75) is 32.0 Å². The fourth-order valence-electron chi connectivity index (χ4n) is 4.22. The van der Waals surface area contributed by atoms with Gasteiger partial charge in [0, 0.05) is 42.8 Å². The van der Waals surface area contributed by atoms with Crippen LogP contribution in [0.15, 0.2) is 36.4 Å². The third kappa shape index (κ3) is 3.27. The van der Waals surface area contributed by atoms with Crippen LogP contribution >= 0.6 is 11.6 Å². The first-order chi connectivity index (χ1) is 13.1. The van der Waals surface area contributed by atoms with Gasteiger partial charge in [-0.2, -0.15) is 0 Å². The van der Waals surface area contributed by atoms with E-state index in [2.05, 4.69) is 41.1 Å². The maximum Gasteiger partial charge on any atom is 0.254 e. The number of rotatable bonds is 4. The molecule has 140 valence electrons. The molecule has 27 heavy (non-hydrogen) atoms. The third-order valence-electron chi connectivity index (χ3n) is 5.94. The summed E-state index contributed by atoms with van der Waals surface area (Å²) in [5.74, 6) is 0.197. The number of benzene rings is 2. The number of hydrogen-bond acceptors (Lipinski definition) is 3. The second kappa shape index (κ2) is 6.62. The zero-order valence-corrected chi connectivity index (χ0v) is 16.4. The highest BCUT2D eigenvalue weighted by molar-refractivity contribution is 6.31. The lowest BCUT2D eigenvalue weighted by Crippen LogP contribution is -2.25. The van der Waals surface area contributed by atoms with E-state index in [0.29, 0.717) is 6.04 Å². The normalized spacial score (nSPS) is 20.5. The number of hydrogen-bond donors (Lipinski definition) is 0. The fraction of sp³-hybridized carbons (Fsp3) is 0.409. The molecule has 1 aliphatic carbocycles. The largest absolute Gasteiger partial charge is 0.331 e. The molecule has 5 heteroatoms. The van der Waals surface area contributed by atoms with Crippen LogP contribution in [0, 0.1) is 0 Å². The summed E-state index contributed by atoms with van der Waals surface area (Å²) in [7, 11) is 2.15. The van der Waals surface area contributed by atoms with Crippen molar-refractivity contribution in [1.29, 1.82) is 0 Å². The molecule has 0 atom stereocenters. The van der Waals surface area contributed by atoms with E-state index in [1.54, 1.807) is 0 Å². The van der Waals surface area contributed by atoms with Crippen molar-refractivity contribution < 1.29 is 4.79 Å². The number of carbonyl (C=O) groups excluding carboxylic acids is 1. The minimum atomic E-state index is 0.197. The maximum atomic E-state index is 12.5. The quantitative estimate of drug-likeness (QED) is 0.805. The minimum Gasteiger partial charge on any atom is -0.331 e. The molecule has 0 spiro atoms. The van der Waals surface area contributed by atoms with Gasteiger partial charge in [-0.25, -0.2) is 0 Å². The topological polar surface area (TPSA) is 26.8 Å². The molecule has 2 heterocycles. The summed E-state index contributed by atoms with van der Waals surface area (Å²) in [5.41, 5.74) is 5.43. The van der Waals surface area contributed by atoms with Crippen molar-refractivity contribution >= 4 is 17.5 Å². The van der Waals surface area contributed by atoms with Crippen molar-refractivity contribution in [3.05, 3.63) is 58.1 Å². The lowest BCUT2D eigenvalue weighted by Gasteiger charge is -2.17. The molecule has 0 aromatic heterocycles. The van der Waals surface area contributed by atoms with Gasteiger partial charge in [0.1, 0.15) is 0 Å². The van der Waals surface area contributed by atoms with Crippen LogP contribution in [0.3, 0.4) is 0 Å². The fourth-order valence-corrected chi connectivity index (χ4v) is 4.46. The Bertz CT molecular complexity index is 908. The van der Waals surface area contributed by atoms with E-state index in [0.717, 1.165) is 73.0 Å². The van der Waals surface area contributed by atoms with Gasteiger partial charge in [-0.1, -0.05) is 29.8 Å². The van der Waals surface area contributed by atoms with Crippen molar-refractivity contribution in [1.82, 2.24) is 14.7 Å². The van der Waals surface area contributed by atoms with Crippen LogP contribution in [0.4, 0.5) is 0 Å². The second-order valence-electron chi connectivity index (χ2n) is 8.12. The van der Waals surface area contributed by atoms with Crippen LogP contribution in [0.25, 0.3) is 11.1 Å². The lowest BCUT2D eigenvalue weighted by molar-refractivity contribution is 0.0766. The van der Waals surface area contributed by atoms with Crippen LogP contribution in [0.5, 0.6) is 0 Å². The maximum absolute atomic E-state index is 12.5. The van der Waals surface area contributed by atoms with Gasteiger partial charge in [0.25, 0.3) is 5.91 Å². The molecule has 0 radical (unpaired) electrons. The summed E-state index contributed by atoms with van der Waals surface area (Å²) in [6.07, 6.45) is 2.30. The predicted octanol–water partition coefficient (Wildman–Crippen LogP) is 3.83. The van der Waals surface area contributed by atoms with Crippen molar-refractivity contribution in [2.24, 2.45) is 0 Å². The van der Waals surface area contributed by atoms with Gasteiger partial charge in [-0.15, -0.1) is 0 Å². The highest BCUT2D eigenvalue weighted by Crippen LogP contribution is 2.36. The molecular weight excluding hydrogens is 358 g/mol. The predicted molar refractivity (Wildman–Crippen MR) is 108 cm³/mol. The number of nitrogens with zero attached hydrogens (tertiary/aromatic N) is 3. The smallest absolute Gasteiger partial charge is 0.254 e. The van der Waals surface area contributed by atoms with Gasteiger partial charge in [0.15, 0.2) is 0 Å². The van der Waals surface area contributed by atoms with E-state index in [4.69, 9.17) is 11.6 Å². The molecule has 1 saturated carbocycles. The molecule has 2 aromatic rings. The third-order valence-corrected chi connectivity index (χ3v) is 6.30. The zero-order valence-electron chi connectivity index (χ0n) is 15.6. The van der Waals surface area contributed by atoms with Crippen molar-refractivity contribution in [3.63, 3.8) is 0 Å². The molecule has 2 aliphatic heterocycles. The van der Waals surface area contributed by atoms with Crippen molar-refractivity contribution in [2.75, 3.05) is 26.8 Å². The molecule has 2 aromatic carbocycles. The molecule has 1 saturated heterocycles. The number of likely N-dealkylation sites (N-methyl/N-ethyl adjacent to an activating group) is 1. The number of carbonyl (C=O) groups is 1. The summed E-state index contributed by atoms with van der Waals surface area (Å²) < 4.78 is 0. The first-order valence-electron chi connectivity index (χ1n) is 9.72. The lowest BCUT2D eigenvalue weighted by atomic mass is 9.99. The van der Waals surface area contributed by atoms with Crippen LogP contribution < -0.4 is 0 Å². The minimum absolute atomic E-state index is 0.197. The first-order valence-corrected chi connectivity index (χ1v) is 10.1. The Balaban J connectivity index is 1.37. The summed E-state index contributed by atoms with van der Waals surface area (Å²) in [5, 5.41) is 0.818. The van der Waals surface area contributed by atoms with Gasteiger partial charge in [0.05, 0.1) is 6.67 Å². The highest BCUT2D eigenvalue weighted by atomic mass is 35.5. The van der Waals surface area contributed by atoms with Gasteiger partial charge in [0.2, 0.25) is 0 Å². The van der Waals surface area contributed by atoms with Gasteiger partial charge in [-0.3, -0.25) is 14.6 Å². The van der Waals surface area contributed by atoms with E-state index < -0.39 is 0 Å². The van der Waals surface area contributed by atoms with Crippen LogP contribution in [-0.4, -0.2) is 53.5 Å². The number of halogens is 1. The average molecular weight is 382 g/mol. The molecule has 0 unspecified atom stereocenters. The van der Waals surface area contributed by atoms with Crippen LogP contribution in [-0.2, 0) is 13.1 Å². The Hall–Kier alpha value is -1.88. The van der Waals surface area contributed by atoms with Crippen molar-refractivity contribution in [3.8, 4) is 11.1 Å². The first kappa shape index (κ1) is 17.2. The Morgan fingerprint density at radius 2 is 1.85 bits per heavy atom. The molecule has 4 nitrogen and oxygen atoms in total. The molecule has 0 N–H and O–H groups in total. The monoisotopic (exact) mass is 381 g/mol. The van der Waals surface area contributed by atoms with E-state index in [1.807, 2.05) is 17.0 Å². The molecular formula is C22H24ClN3O. The average Bonchev–Trinajstić information content (AvgIpc) is 3.34. The number of fused-ring (bicyclic) bond motifs is 1. The Morgan fingerprint density at radius 1 is 1.07 bits per heavy atom. The van der Waals surface area contributed by atoms with E-state index in [1.165, 1.54) is 5.56 Å². The van der Waals surface area contributed by atoms with E-state index in [-0.39, 0.29) is 5.91 Å². The summed E-state index contributed by atoms with van der Waals surface area (Å²) >= 11 is 6.60. The van der Waals surface area contributed by atoms with Gasteiger partial charge < -0.3 is 4.90 Å². The second-order valence-corrected chi connectivity index (χ2v) is 8.52. The summed E-state index contributed by atoms with van der Waals surface area (Å²) in [4.78, 5) is 19.3.